The fourth-order valence-corrected chi connectivity index (χ4v) is 2.96. The fraction of sp³-hybridized carbons (Fsp3) is 0.800. The summed E-state index contributed by atoms with van der Waals surface area (Å²) >= 11 is 0. The van der Waals surface area contributed by atoms with Crippen molar-refractivity contribution in [3.8, 4) is 0 Å². The van der Waals surface area contributed by atoms with Crippen molar-refractivity contribution in [1.29, 1.82) is 0 Å². The molecule has 6 nitrogen and oxygen atoms in total. The Labute approximate surface area is 151 Å². The molecule has 2 rings (SSSR count). The highest BCUT2D eigenvalue weighted by Crippen LogP contribution is 2.19. The SMILES string of the molecule is Cl.Cl.NCCCCCCC(=O)N1CCCC(Cn2cncn2)C1. The molecule has 1 fully saturated rings. The van der Waals surface area contributed by atoms with Crippen LogP contribution >= 0.6 is 24.8 Å². The predicted octanol–water partition coefficient (Wildman–Crippen LogP) is 2.27. The number of likely N-dealkylation sites (tertiary alicyclic amines) is 1. The van der Waals surface area contributed by atoms with Crippen LogP contribution in [0.2, 0.25) is 0 Å². The summed E-state index contributed by atoms with van der Waals surface area (Å²) in [5, 5.41) is 4.15. The average molecular weight is 366 g/mol. The van der Waals surface area contributed by atoms with Crippen LogP contribution in [0.25, 0.3) is 0 Å². The molecule has 1 aliphatic heterocycles. The highest BCUT2D eigenvalue weighted by atomic mass is 35.5. The number of rotatable bonds is 8. The van der Waals surface area contributed by atoms with Crippen LogP contribution in [0, 0.1) is 5.92 Å². The molecule has 1 aromatic heterocycles. The van der Waals surface area contributed by atoms with E-state index in [0.717, 1.165) is 58.3 Å². The molecule has 134 valence electrons. The minimum absolute atomic E-state index is 0. The maximum atomic E-state index is 12.2. The molecule has 0 radical (unpaired) electrons. The van der Waals surface area contributed by atoms with Gasteiger partial charge in [-0.3, -0.25) is 9.48 Å². The highest BCUT2D eigenvalue weighted by molar-refractivity contribution is 5.85. The minimum Gasteiger partial charge on any atom is -0.342 e. The van der Waals surface area contributed by atoms with Crippen LogP contribution in [0.4, 0.5) is 0 Å². The Balaban J connectivity index is 0.00000242. The summed E-state index contributed by atoms with van der Waals surface area (Å²) in [4.78, 5) is 18.3. The molecule has 0 bridgehead atoms. The third-order valence-corrected chi connectivity index (χ3v) is 4.13. The standard InChI is InChI=1S/C15H27N5O.2ClH/c16-8-4-2-1-3-7-15(21)19-9-5-6-14(10-19)11-20-13-17-12-18-20;;/h12-14H,1-11,16H2;2*1H. The quantitative estimate of drug-likeness (QED) is 0.716. The van der Waals surface area contributed by atoms with Gasteiger partial charge >= 0.3 is 0 Å². The lowest BCUT2D eigenvalue weighted by Gasteiger charge is -2.32. The topological polar surface area (TPSA) is 77.0 Å². The summed E-state index contributed by atoms with van der Waals surface area (Å²) in [6, 6.07) is 0. The summed E-state index contributed by atoms with van der Waals surface area (Å²) in [6.45, 7) is 3.39. The van der Waals surface area contributed by atoms with Crippen molar-refractivity contribution >= 4 is 30.7 Å². The number of carbonyl (C=O) groups is 1. The Bertz CT molecular complexity index is 416. The van der Waals surface area contributed by atoms with Crippen molar-refractivity contribution in [1.82, 2.24) is 19.7 Å². The molecule has 1 aliphatic rings. The van der Waals surface area contributed by atoms with Crippen molar-refractivity contribution in [2.24, 2.45) is 11.7 Å². The lowest BCUT2D eigenvalue weighted by molar-refractivity contribution is -0.133. The van der Waals surface area contributed by atoms with Gasteiger partial charge in [0.2, 0.25) is 5.91 Å². The van der Waals surface area contributed by atoms with Gasteiger partial charge in [-0.15, -0.1) is 24.8 Å². The number of hydrogen-bond acceptors (Lipinski definition) is 4. The molecule has 0 aromatic carbocycles. The van der Waals surface area contributed by atoms with Crippen LogP contribution in [0.1, 0.15) is 44.9 Å². The monoisotopic (exact) mass is 365 g/mol. The maximum absolute atomic E-state index is 12.2. The molecule has 8 heteroatoms. The molecule has 2 heterocycles. The number of nitrogens with zero attached hydrogens (tertiary/aromatic N) is 4. The van der Waals surface area contributed by atoms with Gasteiger partial charge < -0.3 is 10.6 Å². The smallest absolute Gasteiger partial charge is 0.222 e. The summed E-state index contributed by atoms with van der Waals surface area (Å²) < 4.78 is 1.87. The van der Waals surface area contributed by atoms with Gasteiger partial charge in [-0.2, -0.15) is 5.10 Å². The van der Waals surface area contributed by atoms with E-state index in [1.807, 2.05) is 9.58 Å². The van der Waals surface area contributed by atoms with E-state index in [1.54, 1.807) is 12.7 Å². The zero-order chi connectivity index (χ0) is 14.9. The van der Waals surface area contributed by atoms with E-state index in [-0.39, 0.29) is 24.8 Å². The lowest BCUT2D eigenvalue weighted by atomic mass is 9.97. The summed E-state index contributed by atoms with van der Waals surface area (Å²) in [7, 11) is 0. The van der Waals surface area contributed by atoms with Gasteiger partial charge in [-0.05, 0) is 38.1 Å². The predicted molar refractivity (Wildman–Crippen MR) is 96.0 cm³/mol. The molecular weight excluding hydrogens is 337 g/mol. The summed E-state index contributed by atoms with van der Waals surface area (Å²) in [6.07, 6.45) is 10.6. The van der Waals surface area contributed by atoms with Crippen molar-refractivity contribution in [3.05, 3.63) is 12.7 Å². The summed E-state index contributed by atoms with van der Waals surface area (Å²) in [5.74, 6) is 0.813. The number of piperidine rings is 1. The number of nitrogens with two attached hydrogens (primary N) is 1. The second-order valence-electron chi connectivity index (χ2n) is 5.92. The van der Waals surface area contributed by atoms with Crippen LogP contribution < -0.4 is 5.73 Å². The molecule has 0 saturated carbocycles. The molecular formula is C15H29Cl2N5O. The third-order valence-electron chi connectivity index (χ3n) is 4.13. The number of carbonyl (C=O) groups excluding carboxylic acids is 1. The number of aromatic nitrogens is 3. The highest BCUT2D eigenvalue weighted by Gasteiger charge is 2.23. The Kier molecular flexibility index (Phi) is 12.1. The van der Waals surface area contributed by atoms with Crippen LogP contribution in [-0.4, -0.2) is 45.2 Å². The van der Waals surface area contributed by atoms with E-state index < -0.39 is 0 Å². The first kappa shape index (κ1) is 22.1. The van der Waals surface area contributed by atoms with Gasteiger partial charge in [-0.1, -0.05) is 12.8 Å². The first-order valence-electron chi connectivity index (χ1n) is 8.10. The molecule has 1 unspecified atom stereocenters. The number of halogens is 2. The molecule has 23 heavy (non-hydrogen) atoms. The van der Waals surface area contributed by atoms with E-state index >= 15 is 0 Å². The minimum atomic E-state index is 0. The van der Waals surface area contributed by atoms with Gasteiger partial charge in [0.25, 0.3) is 0 Å². The first-order valence-corrected chi connectivity index (χ1v) is 8.10. The second kappa shape index (κ2) is 12.6. The number of amides is 1. The first-order chi connectivity index (χ1) is 10.3. The van der Waals surface area contributed by atoms with Gasteiger partial charge in [0.1, 0.15) is 12.7 Å². The van der Waals surface area contributed by atoms with Crippen molar-refractivity contribution in [2.45, 2.75) is 51.5 Å². The van der Waals surface area contributed by atoms with E-state index in [9.17, 15) is 4.79 Å². The fourth-order valence-electron chi connectivity index (χ4n) is 2.96. The molecule has 0 spiro atoms. The molecule has 1 amide bonds. The van der Waals surface area contributed by atoms with Gasteiger partial charge in [0.05, 0.1) is 0 Å². The maximum Gasteiger partial charge on any atom is 0.222 e. The Morgan fingerprint density at radius 1 is 1.22 bits per heavy atom. The number of unbranched alkanes of at least 4 members (excludes halogenated alkanes) is 3. The Morgan fingerprint density at radius 2 is 2.00 bits per heavy atom. The van der Waals surface area contributed by atoms with Gasteiger partial charge in [0.15, 0.2) is 0 Å². The largest absolute Gasteiger partial charge is 0.342 e. The Hall–Kier alpha value is -0.850. The van der Waals surface area contributed by atoms with Crippen LogP contribution in [0.15, 0.2) is 12.7 Å². The normalized spacial score (nSPS) is 17.3. The van der Waals surface area contributed by atoms with Gasteiger partial charge in [0, 0.05) is 26.1 Å². The van der Waals surface area contributed by atoms with E-state index in [1.165, 1.54) is 6.42 Å². The lowest BCUT2D eigenvalue weighted by Crippen LogP contribution is -2.41. The molecule has 1 aromatic rings. The van der Waals surface area contributed by atoms with Crippen LogP contribution in [0.5, 0.6) is 0 Å². The van der Waals surface area contributed by atoms with E-state index in [4.69, 9.17) is 5.73 Å². The van der Waals surface area contributed by atoms with Crippen molar-refractivity contribution < 1.29 is 4.79 Å². The van der Waals surface area contributed by atoms with Crippen molar-refractivity contribution in [2.75, 3.05) is 19.6 Å². The zero-order valence-electron chi connectivity index (χ0n) is 13.6. The molecule has 1 atom stereocenters. The molecule has 0 aliphatic carbocycles. The zero-order valence-corrected chi connectivity index (χ0v) is 15.2. The van der Waals surface area contributed by atoms with Crippen LogP contribution in [-0.2, 0) is 11.3 Å². The molecule has 2 N–H and O–H groups in total. The third kappa shape index (κ3) is 7.99. The Morgan fingerprint density at radius 3 is 2.70 bits per heavy atom. The van der Waals surface area contributed by atoms with Crippen LogP contribution in [0.3, 0.4) is 0 Å². The summed E-state index contributed by atoms with van der Waals surface area (Å²) in [5.41, 5.74) is 5.47. The van der Waals surface area contributed by atoms with Gasteiger partial charge in [-0.25, -0.2) is 4.98 Å². The average Bonchev–Trinajstić information content (AvgIpc) is 3.00. The van der Waals surface area contributed by atoms with Crippen molar-refractivity contribution in [3.63, 3.8) is 0 Å². The van der Waals surface area contributed by atoms with E-state index in [0.29, 0.717) is 18.2 Å². The second-order valence-corrected chi connectivity index (χ2v) is 5.92. The number of hydrogen-bond donors (Lipinski definition) is 1. The van der Waals surface area contributed by atoms with E-state index in [2.05, 4.69) is 10.1 Å². The molecule has 1 saturated heterocycles.